The van der Waals surface area contributed by atoms with Crippen LogP contribution in [0.2, 0.25) is 0 Å². The van der Waals surface area contributed by atoms with Crippen LogP contribution in [-0.4, -0.2) is 31.6 Å². The maximum Gasteiger partial charge on any atom is 0.413 e. The van der Waals surface area contributed by atoms with Gasteiger partial charge in [0.15, 0.2) is 5.82 Å². The number of aromatic nitrogens is 3. The lowest BCUT2D eigenvalue weighted by Gasteiger charge is -2.19. The van der Waals surface area contributed by atoms with Crippen molar-refractivity contribution in [3.8, 4) is 0 Å². The number of hydrogen-bond donors (Lipinski definition) is 2. The molecule has 2 heterocycles. The highest BCUT2D eigenvalue weighted by atomic mass is 16.6. The molecule has 0 aliphatic carbocycles. The minimum absolute atomic E-state index is 0.438. The predicted molar refractivity (Wildman–Crippen MR) is 95.4 cm³/mol. The lowest BCUT2D eigenvalue weighted by atomic mass is 10.0. The van der Waals surface area contributed by atoms with Crippen molar-refractivity contribution in [3.63, 3.8) is 0 Å². The van der Waals surface area contributed by atoms with Gasteiger partial charge in [-0.05, 0) is 53.2 Å². The third-order valence-electron chi connectivity index (χ3n) is 3.39. The van der Waals surface area contributed by atoms with Crippen molar-refractivity contribution in [2.45, 2.75) is 59.3 Å². The second-order valence-electron chi connectivity index (χ2n) is 7.57. The molecule has 0 atom stereocenters. The topological polar surface area (TPSA) is 89.3 Å². The van der Waals surface area contributed by atoms with E-state index in [0.29, 0.717) is 18.1 Å². The monoisotopic (exact) mass is 346 g/mol. The minimum atomic E-state index is -0.968. The smallest absolute Gasteiger partial charge is 0.413 e. The fourth-order valence-electron chi connectivity index (χ4n) is 2.19. The molecule has 1 amide bonds. The van der Waals surface area contributed by atoms with Crippen molar-refractivity contribution in [3.05, 3.63) is 41.3 Å². The first-order valence-corrected chi connectivity index (χ1v) is 8.16. The van der Waals surface area contributed by atoms with Crippen LogP contribution in [0, 0.1) is 6.92 Å². The number of carbonyl (C=O) groups is 1. The highest BCUT2D eigenvalue weighted by Crippen LogP contribution is 2.18. The zero-order chi connectivity index (χ0) is 18.8. The quantitative estimate of drug-likeness (QED) is 0.887. The van der Waals surface area contributed by atoms with Crippen LogP contribution in [0.5, 0.6) is 0 Å². The molecule has 2 N–H and O–H groups in total. The molecule has 0 saturated carbocycles. The number of pyridine rings is 1. The molecule has 2 aromatic rings. The van der Waals surface area contributed by atoms with Gasteiger partial charge in [-0.15, -0.1) is 0 Å². The molecule has 0 fully saturated rings. The number of rotatable bonds is 4. The van der Waals surface area contributed by atoms with Gasteiger partial charge >= 0.3 is 6.09 Å². The van der Waals surface area contributed by atoms with Gasteiger partial charge in [-0.3, -0.25) is 15.0 Å². The van der Waals surface area contributed by atoms with Crippen LogP contribution in [0.4, 0.5) is 10.6 Å². The molecule has 136 valence electrons. The summed E-state index contributed by atoms with van der Waals surface area (Å²) in [4.78, 5) is 16.1. The maximum atomic E-state index is 11.8. The number of aryl methyl sites for hydroxylation is 1. The Morgan fingerprint density at radius 3 is 2.48 bits per heavy atom. The summed E-state index contributed by atoms with van der Waals surface area (Å²) in [6.07, 6.45) is 1.18. The average Bonchev–Trinajstić information content (AvgIpc) is 2.76. The van der Waals surface area contributed by atoms with Crippen molar-refractivity contribution in [1.82, 2.24) is 14.8 Å². The summed E-state index contributed by atoms with van der Waals surface area (Å²) in [5, 5.41) is 17.0. The number of ether oxygens (including phenoxy) is 1. The number of aliphatic hydroxyl groups is 1. The number of nitrogens with one attached hydrogen (secondary N) is 1. The second kappa shape index (κ2) is 6.84. The molecule has 2 aromatic heterocycles. The largest absolute Gasteiger partial charge is 0.444 e. The Morgan fingerprint density at radius 1 is 1.28 bits per heavy atom. The van der Waals surface area contributed by atoms with E-state index < -0.39 is 17.3 Å². The lowest BCUT2D eigenvalue weighted by Crippen LogP contribution is -2.27. The number of amides is 1. The van der Waals surface area contributed by atoms with E-state index in [1.54, 1.807) is 57.6 Å². The first-order valence-electron chi connectivity index (χ1n) is 8.16. The minimum Gasteiger partial charge on any atom is -0.444 e. The highest BCUT2D eigenvalue weighted by molar-refractivity contribution is 5.83. The molecule has 0 radical (unpaired) electrons. The molecule has 0 unspecified atom stereocenters. The Labute approximate surface area is 148 Å². The van der Waals surface area contributed by atoms with Crippen molar-refractivity contribution in [1.29, 1.82) is 0 Å². The Bertz CT molecular complexity index is 737. The van der Waals surface area contributed by atoms with Gasteiger partial charge in [0.25, 0.3) is 0 Å². The van der Waals surface area contributed by atoms with E-state index >= 15 is 0 Å². The first-order chi connectivity index (χ1) is 11.4. The number of carbonyl (C=O) groups excluding carboxylic acids is 1. The molecule has 0 saturated heterocycles. The number of hydrogen-bond acceptors (Lipinski definition) is 5. The van der Waals surface area contributed by atoms with Crippen LogP contribution < -0.4 is 5.32 Å². The third kappa shape index (κ3) is 5.56. The fourth-order valence-corrected chi connectivity index (χ4v) is 2.19. The van der Waals surface area contributed by atoms with E-state index in [1.165, 1.54) is 0 Å². The highest BCUT2D eigenvalue weighted by Gasteiger charge is 2.18. The van der Waals surface area contributed by atoms with Crippen molar-refractivity contribution in [2.24, 2.45) is 0 Å². The lowest BCUT2D eigenvalue weighted by molar-refractivity contribution is 0.0634. The molecule has 0 aliphatic rings. The average molecular weight is 346 g/mol. The van der Waals surface area contributed by atoms with Gasteiger partial charge in [0, 0.05) is 18.0 Å². The summed E-state index contributed by atoms with van der Waals surface area (Å²) in [5.74, 6) is 0.438. The molecule has 0 bridgehead atoms. The Kier molecular flexibility index (Phi) is 5.17. The summed E-state index contributed by atoms with van der Waals surface area (Å²) in [6, 6.07) is 5.49. The number of nitrogens with zero attached hydrogens (tertiary/aromatic N) is 3. The molecular formula is C18H26N4O3. The molecule has 7 nitrogen and oxygen atoms in total. The van der Waals surface area contributed by atoms with E-state index in [-0.39, 0.29) is 0 Å². The molecule has 0 aliphatic heterocycles. The second-order valence-corrected chi connectivity index (χ2v) is 7.57. The molecule has 2 rings (SSSR count). The summed E-state index contributed by atoms with van der Waals surface area (Å²) in [5.41, 5.74) is 0.932. The van der Waals surface area contributed by atoms with Crippen LogP contribution in [0.3, 0.4) is 0 Å². The third-order valence-corrected chi connectivity index (χ3v) is 3.39. The molecule has 0 aromatic carbocycles. The standard InChI is InChI=1S/C18H26N4O3/c1-12-9-15(20-16(23)25-17(2,3)4)21-22(12)11-13-7-8-14(19-10-13)18(5,6)24/h7-10,24H,11H2,1-6H3,(H,20,21,23). The van der Waals surface area contributed by atoms with Gasteiger partial charge < -0.3 is 9.84 Å². The number of anilines is 1. The molecule has 7 heteroatoms. The molecule has 0 spiro atoms. The summed E-state index contributed by atoms with van der Waals surface area (Å²) < 4.78 is 6.99. The Balaban J connectivity index is 2.06. The van der Waals surface area contributed by atoms with Crippen LogP contribution in [-0.2, 0) is 16.9 Å². The van der Waals surface area contributed by atoms with Gasteiger partial charge in [0.1, 0.15) is 11.2 Å². The summed E-state index contributed by atoms with van der Waals surface area (Å²) in [6.45, 7) is 11.2. The van der Waals surface area contributed by atoms with E-state index in [1.807, 2.05) is 13.0 Å². The van der Waals surface area contributed by atoms with Gasteiger partial charge in [0.05, 0.1) is 12.2 Å². The summed E-state index contributed by atoms with van der Waals surface area (Å²) >= 11 is 0. The van der Waals surface area contributed by atoms with Crippen LogP contribution >= 0.6 is 0 Å². The van der Waals surface area contributed by atoms with Gasteiger partial charge in [-0.2, -0.15) is 5.10 Å². The zero-order valence-electron chi connectivity index (χ0n) is 15.6. The van der Waals surface area contributed by atoms with Gasteiger partial charge in [0.2, 0.25) is 0 Å². The van der Waals surface area contributed by atoms with Gasteiger partial charge in [-0.1, -0.05) is 6.07 Å². The normalized spacial score (nSPS) is 12.1. The predicted octanol–water partition coefficient (Wildman–Crippen LogP) is 3.21. The van der Waals surface area contributed by atoms with E-state index in [4.69, 9.17) is 4.74 Å². The first kappa shape index (κ1) is 18.9. The van der Waals surface area contributed by atoms with Crippen LogP contribution in [0.25, 0.3) is 0 Å². The zero-order valence-corrected chi connectivity index (χ0v) is 15.6. The summed E-state index contributed by atoms with van der Waals surface area (Å²) in [7, 11) is 0. The van der Waals surface area contributed by atoms with E-state index in [0.717, 1.165) is 11.3 Å². The van der Waals surface area contributed by atoms with Crippen molar-refractivity contribution in [2.75, 3.05) is 5.32 Å². The van der Waals surface area contributed by atoms with E-state index in [2.05, 4.69) is 15.4 Å². The molecule has 25 heavy (non-hydrogen) atoms. The SMILES string of the molecule is Cc1cc(NC(=O)OC(C)(C)C)nn1Cc1ccc(C(C)(C)O)nc1. The van der Waals surface area contributed by atoms with Crippen molar-refractivity contribution < 1.29 is 14.6 Å². The Morgan fingerprint density at radius 2 is 1.96 bits per heavy atom. The van der Waals surface area contributed by atoms with Crippen LogP contribution in [0.15, 0.2) is 24.4 Å². The Hall–Kier alpha value is -2.41. The van der Waals surface area contributed by atoms with Gasteiger partial charge in [-0.25, -0.2) is 4.79 Å². The van der Waals surface area contributed by atoms with Crippen LogP contribution in [0.1, 0.15) is 51.6 Å². The maximum absolute atomic E-state index is 11.8. The van der Waals surface area contributed by atoms with Crippen molar-refractivity contribution >= 4 is 11.9 Å². The van der Waals surface area contributed by atoms with E-state index in [9.17, 15) is 9.90 Å². The molecular weight excluding hydrogens is 320 g/mol. The fraction of sp³-hybridized carbons (Fsp3) is 0.500.